The van der Waals surface area contributed by atoms with E-state index in [-0.39, 0.29) is 29.8 Å². The largest absolute Gasteiger partial charge is 0.461 e. The zero-order valence-electron chi connectivity index (χ0n) is 11.3. The predicted molar refractivity (Wildman–Crippen MR) is 69.8 cm³/mol. The van der Waals surface area contributed by atoms with Crippen molar-refractivity contribution in [2.75, 3.05) is 0 Å². The molecule has 1 saturated carbocycles. The van der Waals surface area contributed by atoms with Crippen molar-refractivity contribution in [3.63, 3.8) is 0 Å². The first-order valence-corrected chi connectivity index (χ1v) is 6.50. The van der Waals surface area contributed by atoms with Gasteiger partial charge in [0.05, 0.1) is 12.0 Å². The van der Waals surface area contributed by atoms with Crippen LogP contribution in [0.4, 0.5) is 0 Å². The highest BCUT2D eigenvalue weighted by Crippen LogP contribution is 2.52. The number of aliphatic hydroxyl groups excluding tert-OH is 1. The number of fused-ring (bicyclic) bond motifs is 1. The smallest absolute Gasteiger partial charge is 0.309 e. The lowest BCUT2D eigenvalue weighted by molar-refractivity contribution is -0.149. The van der Waals surface area contributed by atoms with E-state index in [1.54, 1.807) is 6.08 Å². The maximum absolute atomic E-state index is 11.8. The van der Waals surface area contributed by atoms with Gasteiger partial charge >= 0.3 is 5.97 Å². The van der Waals surface area contributed by atoms with Crippen LogP contribution < -0.4 is 0 Å². The molecule has 1 aliphatic carbocycles. The molecule has 0 spiro atoms. The Kier molecular flexibility index (Phi) is 3.14. The van der Waals surface area contributed by atoms with Gasteiger partial charge in [-0.3, -0.25) is 4.79 Å². The summed E-state index contributed by atoms with van der Waals surface area (Å²) >= 11 is 0. The summed E-state index contributed by atoms with van der Waals surface area (Å²) in [6, 6.07) is 0. The van der Waals surface area contributed by atoms with Crippen LogP contribution in [-0.2, 0) is 9.53 Å². The average molecular weight is 250 g/mol. The van der Waals surface area contributed by atoms with Crippen LogP contribution in [0.15, 0.2) is 24.8 Å². The summed E-state index contributed by atoms with van der Waals surface area (Å²) in [4.78, 5) is 11.8. The molecular formula is C15H22O3. The lowest BCUT2D eigenvalue weighted by Crippen LogP contribution is -2.52. The Labute approximate surface area is 109 Å². The first-order chi connectivity index (χ1) is 8.32. The molecular weight excluding hydrogens is 228 g/mol. The summed E-state index contributed by atoms with van der Waals surface area (Å²) in [6.45, 7) is 13.6. The van der Waals surface area contributed by atoms with E-state index in [9.17, 15) is 9.90 Å². The second-order valence-electron chi connectivity index (χ2n) is 6.00. The number of hydrogen-bond donors (Lipinski definition) is 1. The lowest BCUT2D eigenvalue weighted by Gasteiger charge is -2.48. The Morgan fingerprint density at radius 2 is 2.22 bits per heavy atom. The molecule has 2 aliphatic rings. The van der Waals surface area contributed by atoms with Crippen LogP contribution in [0.1, 0.15) is 27.2 Å². The van der Waals surface area contributed by atoms with E-state index < -0.39 is 11.5 Å². The van der Waals surface area contributed by atoms with Crippen molar-refractivity contribution in [3.8, 4) is 0 Å². The van der Waals surface area contributed by atoms with Crippen LogP contribution in [0.2, 0.25) is 0 Å². The van der Waals surface area contributed by atoms with Crippen molar-refractivity contribution < 1.29 is 14.6 Å². The summed E-state index contributed by atoms with van der Waals surface area (Å²) in [5.41, 5.74) is 0.463. The zero-order valence-corrected chi connectivity index (χ0v) is 11.3. The normalized spacial score (nSPS) is 47.3. The van der Waals surface area contributed by atoms with E-state index in [0.717, 1.165) is 5.57 Å². The quantitative estimate of drug-likeness (QED) is 0.604. The van der Waals surface area contributed by atoms with Gasteiger partial charge < -0.3 is 9.84 Å². The van der Waals surface area contributed by atoms with Gasteiger partial charge in [0, 0.05) is 17.3 Å². The van der Waals surface area contributed by atoms with Gasteiger partial charge in [0.25, 0.3) is 0 Å². The minimum absolute atomic E-state index is 0.0577. The van der Waals surface area contributed by atoms with Crippen LogP contribution in [-0.4, -0.2) is 23.3 Å². The van der Waals surface area contributed by atoms with Gasteiger partial charge in [-0.15, -0.1) is 6.58 Å². The van der Waals surface area contributed by atoms with E-state index in [1.807, 2.05) is 20.8 Å². The van der Waals surface area contributed by atoms with Crippen molar-refractivity contribution in [2.24, 2.45) is 23.2 Å². The number of aliphatic hydroxyl groups is 1. The molecule has 0 aromatic rings. The summed E-state index contributed by atoms with van der Waals surface area (Å²) in [6.07, 6.45) is 1.69. The molecule has 1 saturated heterocycles. The Bertz CT molecular complexity index is 401. The molecule has 0 amide bonds. The molecule has 0 aromatic carbocycles. The molecule has 3 nitrogen and oxygen atoms in total. The molecule has 0 bridgehead atoms. The average Bonchev–Trinajstić information content (AvgIpc) is 2.56. The Balaban J connectivity index is 2.44. The molecule has 0 aromatic heterocycles. The molecule has 1 heterocycles. The summed E-state index contributed by atoms with van der Waals surface area (Å²) in [5.74, 6) is -0.266. The summed E-state index contributed by atoms with van der Waals surface area (Å²) in [5, 5.41) is 10.4. The predicted octanol–water partition coefficient (Wildman–Crippen LogP) is 2.31. The van der Waals surface area contributed by atoms with Crippen LogP contribution in [0, 0.1) is 23.2 Å². The SMILES string of the molecule is C=C[C@@]1(C)[C@H](C(=C)C)[C@@H]2OC(=O)[C@@H](C)[C@@H]2C[C@@H]1O. The van der Waals surface area contributed by atoms with E-state index >= 15 is 0 Å². The Morgan fingerprint density at radius 1 is 1.61 bits per heavy atom. The first-order valence-electron chi connectivity index (χ1n) is 6.50. The molecule has 2 fully saturated rings. The molecule has 0 unspecified atom stereocenters. The van der Waals surface area contributed by atoms with Crippen molar-refractivity contribution in [1.82, 2.24) is 0 Å². The van der Waals surface area contributed by atoms with Gasteiger partial charge in [0.2, 0.25) is 0 Å². The standard InChI is InChI=1S/C15H22O3/c1-6-15(5)11(16)7-10-9(4)14(17)18-13(10)12(15)8(2)3/h6,9-13,16H,1-2,7H2,3-5H3/t9-,10-,11-,12+,13+,15+/m0/s1. The van der Waals surface area contributed by atoms with Gasteiger partial charge in [-0.2, -0.15) is 0 Å². The van der Waals surface area contributed by atoms with E-state index in [4.69, 9.17) is 4.74 Å². The highest BCUT2D eigenvalue weighted by molar-refractivity contribution is 5.75. The van der Waals surface area contributed by atoms with Crippen LogP contribution >= 0.6 is 0 Å². The fraction of sp³-hybridized carbons (Fsp3) is 0.667. The number of carbonyl (C=O) groups excluding carboxylic acids is 1. The van der Waals surface area contributed by atoms with Crippen LogP contribution in [0.3, 0.4) is 0 Å². The third-order valence-electron chi connectivity index (χ3n) is 4.87. The van der Waals surface area contributed by atoms with E-state index in [2.05, 4.69) is 13.2 Å². The number of ether oxygens (including phenoxy) is 1. The maximum Gasteiger partial charge on any atom is 0.309 e. The molecule has 1 N–H and O–H groups in total. The summed E-state index contributed by atoms with van der Waals surface area (Å²) < 4.78 is 5.54. The minimum atomic E-state index is -0.505. The molecule has 18 heavy (non-hydrogen) atoms. The van der Waals surface area contributed by atoms with Crippen molar-refractivity contribution in [1.29, 1.82) is 0 Å². The third kappa shape index (κ3) is 1.64. The Morgan fingerprint density at radius 3 is 2.72 bits per heavy atom. The molecule has 0 radical (unpaired) electrons. The number of hydrogen-bond acceptors (Lipinski definition) is 3. The molecule has 2 rings (SSSR count). The van der Waals surface area contributed by atoms with Crippen molar-refractivity contribution >= 4 is 5.97 Å². The Hall–Kier alpha value is -1.09. The van der Waals surface area contributed by atoms with Gasteiger partial charge in [0.15, 0.2) is 0 Å². The fourth-order valence-corrected chi connectivity index (χ4v) is 3.59. The lowest BCUT2D eigenvalue weighted by atomic mass is 9.58. The van der Waals surface area contributed by atoms with Gasteiger partial charge in [-0.1, -0.05) is 32.1 Å². The van der Waals surface area contributed by atoms with Crippen LogP contribution in [0.25, 0.3) is 0 Å². The maximum atomic E-state index is 11.8. The minimum Gasteiger partial charge on any atom is -0.461 e. The monoisotopic (exact) mass is 250 g/mol. The number of carbonyl (C=O) groups is 1. The second kappa shape index (κ2) is 4.23. The molecule has 6 atom stereocenters. The summed E-state index contributed by atoms with van der Waals surface area (Å²) in [7, 11) is 0. The fourth-order valence-electron chi connectivity index (χ4n) is 3.59. The third-order valence-corrected chi connectivity index (χ3v) is 4.87. The second-order valence-corrected chi connectivity index (χ2v) is 6.00. The number of rotatable bonds is 2. The highest BCUT2D eigenvalue weighted by atomic mass is 16.6. The van der Waals surface area contributed by atoms with Crippen LogP contribution in [0.5, 0.6) is 0 Å². The number of esters is 1. The zero-order chi connectivity index (χ0) is 13.7. The van der Waals surface area contributed by atoms with E-state index in [0.29, 0.717) is 6.42 Å². The molecule has 100 valence electrons. The molecule has 3 heteroatoms. The van der Waals surface area contributed by atoms with Crippen molar-refractivity contribution in [3.05, 3.63) is 24.8 Å². The van der Waals surface area contributed by atoms with Gasteiger partial charge in [-0.05, 0) is 13.3 Å². The van der Waals surface area contributed by atoms with Crippen molar-refractivity contribution in [2.45, 2.75) is 39.4 Å². The van der Waals surface area contributed by atoms with Gasteiger partial charge in [0.1, 0.15) is 6.10 Å². The topological polar surface area (TPSA) is 46.5 Å². The van der Waals surface area contributed by atoms with E-state index in [1.165, 1.54) is 0 Å². The highest BCUT2D eigenvalue weighted by Gasteiger charge is 2.57. The first kappa shape index (κ1) is 13.3. The molecule has 1 aliphatic heterocycles. The van der Waals surface area contributed by atoms with Gasteiger partial charge in [-0.25, -0.2) is 0 Å².